The smallest absolute Gasteiger partial charge is 0.144 e. The molecule has 0 aliphatic carbocycles. The van der Waals surface area contributed by atoms with E-state index in [0.717, 1.165) is 54.8 Å². The first kappa shape index (κ1) is 29.0. The molecule has 0 amide bonds. The van der Waals surface area contributed by atoms with Gasteiger partial charge in [0.25, 0.3) is 0 Å². The third-order valence-electron chi connectivity index (χ3n) is 11.1. The Bertz CT molecular complexity index is 3390. The number of para-hydroxylation sites is 1. The monoisotopic (exact) mass is 692 g/mol. The summed E-state index contributed by atoms with van der Waals surface area (Å²) in [7, 11) is 0. The average Bonchev–Trinajstić information content (AvgIpc) is 3.92. The molecule has 0 N–H and O–H groups in total. The molecule has 2 nitrogen and oxygen atoms in total. The molecule has 12 rings (SSSR count). The number of benzene rings is 9. The Labute approximate surface area is 307 Å². The molecule has 3 aromatic heterocycles. The molecule has 9 aromatic carbocycles. The standard InChI is InChI=1S/C50H28O2S/c1-2-12-29(13-3-1)40-28-53-44-25-24-38-33-23-22-31(27-42(33)52-50(38)48(40)44)45-34-16-6-8-18-36(34)46(37-19-9-7-17-35(37)45)49-32-15-5-4-14-30(32)26-43-47(49)39-20-10-11-21-41(39)51-43/h1-28H. The van der Waals surface area contributed by atoms with Crippen LogP contribution in [0.5, 0.6) is 0 Å². The maximum Gasteiger partial charge on any atom is 0.144 e. The number of hydrogen-bond donors (Lipinski definition) is 0. The van der Waals surface area contributed by atoms with Crippen molar-refractivity contribution in [1.29, 1.82) is 0 Å². The van der Waals surface area contributed by atoms with Crippen molar-refractivity contribution in [2.24, 2.45) is 0 Å². The second kappa shape index (κ2) is 10.9. The topological polar surface area (TPSA) is 26.3 Å². The van der Waals surface area contributed by atoms with Gasteiger partial charge >= 0.3 is 0 Å². The summed E-state index contributed by atoms with van der Waals surface area (Å²) in [6, 6.07) is 59.0. The molecule has 0 spiro atoms. The van der Waals surface area contributed by atoms with Crippen molar-refractivity contribution in [3.63, 3.8) is 0 Å². The van der Waals surface area contributed by atoms with Crippen LogP contribution in [0.4, 0.5) is 0 Å². The van der Waals surface area contributed by atoms with Gasteiger partial charge in [-0.25, -0.2) is 0 Å². The van der Waals surface area contributed by atoms with Crippen molar-refractivity contribution in [2.75, 3.05) is 0 Å². The average molecular weight is 693 g/mol. The number of hydrogen-bond acceptors (Lipinski definition) is 3. The lowest BCUT2D eigenvalue weighted by atomic mass is 9.83. The fraction of sp³-hybridized carbons (Fsp3) is 0. The predicted octanol–water partition coefficient (Wildman–Crippen LogP) is 15.2. The number of thiophene rings is 1. The Hall–Kier alpha value is -6.68. The number of rotatable bonds is 3. The highest BCUT2D eigenvalue weighted by atomic mass is 32.1. The lowest BCUT2D eigenvalue weighted by Crippen LogP contribution is -1.92. The lowest BCUT2D eigenvalue weighted by molar-refractivity contribution is 0.669. The largest absolute Gasteiger partial charge is 0.456 e. The van der Waals surface area contributed by atoms with Gasteiger partial charge in [0.1, 0.15) is 22.3 Å². The predicted molar refractivity (Wildman–Crippen MR) is 225 cm³/mol. The van der Waals surface area contributed by atoms with Gasteiger partial charge in [0.2, 0.25) is 0 Å². The van der Waals surface area contributed by atoms with Gasteiger partial charge in [0.15, 0.2) is 0 Å². The SMILES string of the molecule is c1ccc(-c2csc3ccc4c5ccc(-c6c7ccccc7c(-c7c8ccccc8cc8oc9ccccc9c78)c7ccccc67)cc5oc4c23)cc1. The van der Waals surface area contributed by atoms with Crippen molar-refractivity contribution in [3.05, 3.63) is 169 Å². The van der Waals surface area contributed by atoms with Gasteiger partial charge in [-0.3, -0.25) is 0 Å². The third kappa shape index (κ3) is 4.08. The Morgan fingerprint density at radius 1 is 0.358 bits per heavy atom. The quantitative estimate of drug-likeness (QED) is 0.172. The molecule has 0 unspecified atom stereocenters. The molecule has 0 aliphatic heterocycles. The minimum atomic E-state index is 0.896. The summed E-state index contributed by atoms with van der Waals surface area (Å²) < 4.78 is 14.7. The van der Waals surface area contributed by atoms with E-state index in [9.17, 15) is 0 Å². The third-order valence-corrected chi connectivity index (χ3v) is 12.1. The van der Waals surface area contributed by atoms with Crippen molar-refractivity contribution >= 4 is 97.6 Å². The summed E-state index contributed by atoms with van der Waals surface area (Å²) in [5.74, 6) is 0. The first-order valence-corrected chi connectivity index (χ1v) is 18.9. The van der Waals surface area contributed by atoms with Crippen LogP contribution in [0.15, 0.2) is 178 Å². The molecule has 0 radical (unpaired) electrons. The first-order valence-electron chi connectivity index (χ1n) is 18.0. The summed E-state index contributed by atoms with van der Waals surface area (Å²) in [6.07, 6.45) is 0. The Kier molecular flexibility index (Phi) is 5.96. The van der Waals surface area contributed by atoms with Crippen molar-refractivity contribution in [2.45, 2.75) is 0 Å². The minimum Gasteiger partial charge on any atom is -0.456 e. The fourth-order valence-corrected chi connectivity index (χ4v) is 9.83. The molecule has 0 saturated carbocycles. The maximum atomic E-state index is 6.89. The second-order valence-corrected chi connectivity index (χ2v) is 14.8. The van der Waals surface area contributed by atoms with Crippen LogP contribution in [-0.2, 0) is 0 Å². The van der Waals surface area contributed by atoms with Gasteiger partial charge in [-0.1, -0.05) is 127 Å². The highest BCUT2D eigenvalue weighted by Gasteiger charge is 2.23. The molecule has 0 atom stereocenters. The number of fused-ring (bicyclic) bond motifs is 11. The molecule has 0 fully saturated rings. The molecule has 53 heavy (non-hydrogen) atoms. The van der Waals surface area contributed by atoms with E-state index in [2.05, 4.69) is 163 Å². The van der Waals surface area contributed by atoms with Crippen molar-refractivity contribution < 1.29 is 8.83 Å². The van der Waals surface area contributed by atoms with Crippen molar-refractivity contribution in [1.82, 2.24) is 0 Å². The zero-order valence-electron chi connectivity index (χ0n) is 28.4. The first-order chi connectivity index (χ1) is 26.3. The van der Waals surface area contributed by atoms with E-state index in [0.29, 0.717) is 0 Å². The lowest BCUT2D eigenvalue weighted by Gasteiger charge is -2.19. The van der Waals surface area contributed by atoms with Crippen molar-refractivity contribution in [3.8, 4) is 33.4 Å². The molecule has 0 aliphatic rings. The van der Waals surface area contributed by atoms with Crippen LogP contribution in [0.25, 0.3) is 120 Å². The van der Waals surface area contributed by atoms with E-state index >= 15 is 0 Å². The van der Waals surface area contributed by atoms with E-state index in [4.69, 9.17) is 8.83 Å². The molecule has 3 heteroatoms. The van der Waals surface area contributed by atoms with Crippen LogP contribution in [0, 0.1) is 0 Å². The van der Waals surface area contributed by atoms with Gasteiger partial charge in [0, 0.05) is 42.8 Å². The number of furan rings is 2. The van der Waals surface area contributed by atoms with Gasteiger partial charge in [-0.2, -0.15) is 0 Å². The Balaban J connectivity index is 1.17. The zero-order chi connectivity index (χ0) is 34.6. The van der Waals surface area contributed by atoms with Gasteiger partial charge < -0.3 is 8.83 Å². The molecule has 3 heterocycles. The molecule has 246 valence electrons. The van der Waals surface area contributed by atoms with Crippen LogP contribution in [-0.4, -0.2) is 0 Å². The molecular formula is C50H28O2S. The zero-order valence-corrected chi connectivity index (χ0v) is 29.2. The van der Waals surface area contributed by atoms with E-state index in [-0.39, 0.29) is 0 Å². The molecule has 0 bridgehead atoms. The van der Waals surface area contributed by atoms with Gasteiger partial charge in [-0.15, -0.1) is 11.3 Å². The minimum absolute atomic E-state index is 0.896. The second-order valence-electron chi connectivity index (χ2n) is 13.9. The maximum absolute atomic E-state index is 6.89. The fourth-order valence-electron chi connectivity index (χ4n) is 8.86. The van der Waals surface area contributed by atoms with Crippen LogP contribution in [0.3, 0.4) is 0 Å². The summed E-state index contributed by atoms with van der Waals surface area (Å²) in [6.45, 7) is 0. The summed E-state index contributed by atoms with van der Waals surface area (Å²) in [5, 5.41) is 15.2. The van der Waals surface area contributed by atoms with Crippen LogP contribution >= 0.6 is 11.3 Å². The highest BCUT2D eigenvalue weighted by molar-refractivity contribution is 7.18. The van der Waals surface area contributed by atoms with Crippen LogP contribution in [0.2, 0.25) is 0 Å². The Morgan fingerprint density at radius 3 is 1.77 bits per heavy atom. The van der Waals surface area contributed by atoms with E-state index in [1.54, 1.807) is 11.3 Å². The summed E-state index contributed by atoms with van der Waals surface area (Å²) >= 11 is 1.77. The van der Waals surface area contributed by atoms with Crippen LogP contribution in [0.1, 0.15) is 0 Å². The highest BCUT2D eigenvalue weighted by Crippen LogP contribution is 2.50. The molecular weight excluding hydrogens is 665 g/mol. The van der Waals surface area contributed by atoms with E-state index in [1.165, 1.54) is 64.8 Å². The van der Waals surface area contributed by atoms with Crippen LogP contribution < -0.4 is 0 Å². The Morgan fingerprint density at radius 2 is 1.00 bits per heavy atom. The van der Waals surface area contributed by atoms with Gasteiger partial charge in [-0.05, 0) is 96.3 Å². The van der Waals surface area contributed by atoms with E-state index < -0.39 is 0 Å². The molecule has 12 aromatic rings. The van der Waals surface area contributed by atoms with Gasteiger partial charge in [0.05, 0.1) is 0 Å². The van der Waals surface area contributed by atoms with E-state index in [1.807, 2.05) is 6.07 Å². The summed E-state index contributed by atoms with van der Waals surface area (Å²) in [4.78, 5) is 0. The summed E-state index contributed by atoms with van der Waals surface area (Å²) in [5.41, 5.74) is 10.9. The normalized spacial score (nSPS) is 12.2. The molecule has 0 saturated heterocycles.